The van der Waals surface area contributed by atoms with Gasteiger partial charge in [0.25, 0.3) is 0 Å². The Labute approximate surface area is 150 Å². The molecule has 0 amide bonds. The van der Waals surface area contributed by atoms with Crippen molar-refractivity contribution in [1.29, 1.82) is 0 Å². The van der Waals surface area contributed by atoms with Crippen LogP contribution in [0.1, 0.15) is 13.8 Å². The maximum atomic E-state index is 12.9. The first-order valence-electron chi connectivity index (χ1n) is 9.15. The fourth-order valence-corrected chi connectivity index (χ4v) is 6.57. The number of esters is 2. The van der Waals surface area contributed by atoms with Crippen molar-refractivity contribution in [3.63, 3.8) is 0 Å². The highest BCUT2D eigenvalue weighted by molar-refractivity contribution is 6.13. The molecule has 0 saturated heterocycles. The average Bonchev–Trinajstić information content (AvgIpc) is 2.60. The van der Waals surface area contributed by atoms with E-state index in [0.29, 0.717) is 25.0 Å². The molecule has 4 unspecified atom stereocenters. The van der Waals surface area contributed by atoms with Gasteiger partial charge in [-0.1, -0.05) is 0 Å². The average molecular weight is 362 g/mol. The minimum atomic E-state index is -0.974. The molecule has 5 rings (SSSR count). The first-order chi connectivity index (χ1) is 12.6. The Morgan fingerprint density at radius 3 is 1.54 bits per heavy atom. The molecule has 0 aromatic rings. The van der Waals surface area contributed by atoms with Crippen molar-refractivity contribution in [3.05, 3.63) is 0 Å². The number of nitrogens with zero attached hydrogens (tertiary/aromatic N) is 2. The van der Waals surface area contributed by atoms with Gasteiger partial charge in [0.1, 0.15) is 0 Å². The third-order valence-corrected chi connectivity index (χ3v) is 7.20. The topological polar surface area (TPSA) is 95.8 Å². The van der Waals surface area contributed by atoms with Crippen molar-refractivity contribution in [2.45, 2.75) is 25.9 Å². The van der Waals surface area contributed by atoms with Crippen LogP contribution in [0.15, 0.2) is 9.98 Å². The molecule has 3 aliphatic carbocycles. The van der Waals surface area contributed by atoms with E-state index in [4.69, 9.17) is 28.9 Å². The second-order valence-electron chi connectivity index (χ2n) is 7.55. The smallest absolute Gasteiger partial charge is 0.323 e. The van der Waals surface area contributed by atoms with E-state index in [1.54, 1.807) is 0 Å². The van der Waals surface area contributed by atoms with Crippen LogP contribution in [0, 0.1) is 34.5 Å². The number of hydrogen-bond acceptors (Lipinski definition) is 8. The van der Waals surface area contributed by atoms with Crippen molar-refractivity contribution in [1.82, 2.24) is 0 Å². The highest BCUT2D eigenvalue weighted by Crippen LogP contribution is 2.84. The molecule has 0 N–H and O–H groups in total. The van der Waals surface area contributed by atoms with Crippen LogP contribution >= 0.6 is 0 Å². The monoisotopic (exact) mass is 362 g/mol. The number of methoxy groups -OCH3 is 2. The summed E-state index contributed by atoms with van der Waals surface area (Å²) in [7, 11) is 2.76. The third kappa shape index (κ3) is 1.24. The van der Waals surface area contributed by atoms with E-state index in [0.717, 1.165) is 0 Å². The molecule has 26 heavy (non-hydrogen) atoms. The number of ether oxygens (including phenoxy) is 4. The van der Waals surface area contributed by atoms with Crippen LogP contribution in [0.5, 0.6) is 0 Å². The van der Waals surface area contributed by atoms with Crippen LogP contribution in [0.25, 0.3) is 0 Å². The molecule has 140 valence electrons. The lowest BCUT2D eigenvalue weighted by Gasteiger charge is -2.83. The lowest BCUT2D eigenvalue weighted by molar-refractivity contribution is -0.316. The summed E-state index contributed by atoms with van der Waals surface area (Å²) in [6.07, 6.45) is 0. The summed E-state index contributed by atoms with van der Waals surface area (Å²) in [6, 6.07) is -0.709. The van der Waals surface area contributed by atoms with E-state index in [9.17, 15) is 9.59 Å². The molecule has 0 aromatic carbocycles. The van der Waals surface area contributed by atoms with Crippen LogP contribution in [-0.4, -0.2) is 63.3 Å². The van der Waals surface area contributed by atoms with E-state index in [1.807, 2.05) is 13.8 Å². The zero-order chi connectivity index (χ0) is 18.4. The van der Waals surface area contributed by atoms with Gasteiger partial charge in [0, 0.05) is 0 Å². The Hall–Kier alpha value is -2.12. The Morgan fingerprint density at radius 2 is 1.23 bits per heavy atom. The Balaban J connectivity index is 1.72. The minimum absolute atomic E-state index is 0.0682. The molecule has 0 bridgehead atoms. The van der Waals surface area contributed by atoms with Crippen LogP contribution in [0.3, 0.4) is 0 Å². The van der Waals surface area contributed by atoms with Gasteiger partial charge < -0.3 is 18.9 Å². The summed E-state index contributed by atoms with van der Waals surface area (Å²) in [5.74, 6) is 0.441. The first-order valence-corrected chi connectivity index (χ1v) is 9.15. The van der Waals surface area contributed by atoms with Crippen molar-refractivity contribution in [2.24, 2.45) is 44.5 Å². The van der Waals surface area contributed by atoms with E-state index >= 15 is 0 Å². The lowest BCUT2D eigenvalue weighted by Crippen LogP contribution is -2.94. The highest BCUT2D eigenvalue weighted by atomic mass is 16.5. The predicted molar refractivity (Wildman–Crippen MR) is 88.6 cm³/mol. The Bertz CT molecular complexity index is 706. The summed E-state index contributed by atoms with van der Waals surface area (Å²) in [4.78, 5) is 35.3. The molecule has 4 atom stereocenters. The maximum absolute atomic E-state index is 12.9. The summed E-state index contributed by atoms with van der Waals surface area (Å²) in [5.41, 5.74) is -1.95. The molecule has 0 aromatic heterocycles. The quantitative estimate of drug-likeness (QED) is 0.674. The van der Waals surface area contributed by atoms with E-state index in [1.165, 1.54) is 14.2 Å². The molecular formula is C18H22N2O6. The molecule has 3 saturated carbocycles. The number of fused-ring (bicyclic) bond motifs is 2. The summed E-state index contributed by atoms with van der Waals surface area (Å²) >= 11 is 0. The Morgan fingerprint density at radius 1 is 0.846 bits per heavy atom. The van der Waals surface area contributed by atoms with Gasteiger partial charge in [-0.3, -0.25) is 9.59 Å². The molecule has 3 fully saturated rings. The molecule has 8 heteroatoms. The largest absolute Gasteiger partial charge is 0.480 e. The standard InChI is InChI=1S/C18H22N2O6/c1-5-25-13-17(15(21)23-3)9-7-10-8(9)12(19-13)18(10,16(22)24-4)14(26-6-2)20-11(7)17/h7-12H,5-6H2,1-4H3. The summed E-state index contributed by atoms with van der Waals surface area (Å²) < 4.78 is 21.9. The molecule has 5 aliphatic rings. The minimum Gasteiger partial charge on any atom is -0.480 e. The van der Waals surface area contributed by atoms with Gasteiger partial charge in [-0.2, -0.15) is 0 Å². The van der Waals surface area contributed by atoms with Gasteiger partial charge in [0.05, 0.1) is 39.5 Å². The molecular weight excluding hydrogens is 340 g/mol. The van der Waals surface area contributed by atoms with Crippen molar-refractivity contribution in [3.8, 4) is 0 Å². The first kappa shape index (κ1) is 16.1. The fourth-order valence-electron chi connectivity index (χ4n) is 6.57. The van der Waals surface area contributed by atoms with Crippen molar-refractivity contribution in [2.75, 3.05) is 27.4 Å². The molecule has 2 heterocycles. The van der Waals surface area contributed by atoms with E-state index in [2.05, 4.69) is 0 Å². The molecule has 2 aliphatic heterocycles. The predicted octanol–water partition coefficient (Wildman–Crippen LogP) is 0.445. The highest BCUT2D eigenvalue weighted by Gasteiger charge is 2.95. The summed E-state index contributed by atoms with van der Waals surface area (Å²) in [5, 5.41) is 0. The molecule has 8 nitrogen and oxygen atoms in total. The third-order valence-electron chi connectivity index (χ3n) is 7.20. The summed E-state index contributed by atoms with van der Waals surface area (Å²) in [6.45, 7) is 4.47. The zero-order valence-electron chi connectivity index (χ0n) is 15.2. The number of rotatable bonds is 4. The fraction of sp³-hybridized carbons (Fsp3) is 0.778. The van der Waals surface area contributed by atoms with Gasteiger partial charge in [-0.25, -0.2) is 9.98 Å². The van der Waals surface area contributed by atoms with Crippen LogP contribution in [-0.2, 0) is 28.5 Å². The van der Waals surface area contributed by atoms with Crippen LogP contribution in [0.2, 0.25) is 0 Å². The van der Waals surface area contributed by atoms with Gasteiger partial charge in [-0.15, -0.1) is 0 Å². The number of carbonyl (C=O) groups is 2. The van der Waals surface area contributed by atoms with Crippen LogP contribution in [0.4, 0.5) is 0 Å². The molecule has 0 radical (unpaired) electrons. The second kappa shape index (κ2) is 4.78. The molecule has 0 spiro atoms. The Kier molecular flexibility index (Phi) is 2.96. The second-order valence-corrected chi connectivity index (χ2v) is 7.55. The van der Waals surface area contributed by atoms with Gasteiger partial charge >= 0.3 is 11.9 Å². The zero-order valence-corrected chi connectivity index (χ0v) is 15.2. The number of carbonyl (C=O) groups excluding carboxylic acids is 2. The van der Waals surface area contributed by atoms with Gasteiger partial charge in [-0.05, 0) is 37.5 Å². The normalized spacial score (nSPS) is 47.8. The van der Waals surface area contributed by atoms with Gasteiger partial charge in [0.2, 0.25) is 11.8 Å². The van der Waals surface area contributed by atoms with E-state index in [-0.39, 0.29) is 47.7 Å². The SMILES string of the molecule is CCOC1=NC2C3C4C5C(N=C(OCC)C2(C(=O)OC)C53)C14C(=O)OC. The number of aliphatic imine (C=N–C) groups is 2. The number of hydrogen-bond donors (Lipinski definition) is 0. The van der Waals surface area contributed by atoms with Crippen LogP contribution < -0.4 is 0 Å². The van der Waals surface area contributed by atoms with Crippen molar-refractivity contribution < 1.29 is 28.5 Å². The lowest BCUT2D eigenvalue weighted by atomic mass is 9.20. The van der Waals surface area contributed by atoms with E-state index < -0.39 is 10.8 Å². The maximum Gasteiger partial charge on any atom is 0.323 e. The van der Waals surface area contributed by atoms with Crippen molar-refractivity contribution >= 4 is 23.7 Å². The van der Waals surface area contributed by atoms with Gasteiger partial charge in [0.15, 0.2) is 10.8 Å².